The fourth-order valence-electron chi connectivity index (χ4n) is 2.64. The van der Waals surface area contributed by atoms with E-state index in [1.165, 1.54) is 24.3 Å². The van der Waals surface area contributed by atoms with Crippen LogP contribution in [0.5, 0.6) is 0 Å². The van der Waals surface area contributed by atoms with Gasteiger partial charge in [0.25, 0.3) is 11.8 Å². The number of rotatable bonds is 5. The van der Waals surface area contributed by atoms with E-state index in [1.54, 1.807) is 24.3 Å². The van der Waals surface area contributed by atoms with Crippen LogP contribution in [0.25, 0.3) is 0 Å². The van der Waals surface area contributed by atoms with Gasteiger partial charge in [-0.2, -0.15) is 0 Å². The van der Waals surface area contributed by atoms with Crippen molar-refractivity contribution in [2.24, 2.45) is 0 Å². The van der Waals surface area contributed by atoms with E-state index in [2.05, 4.69) is 10.6 Å². The Morgan fingerprint density at radius 3 is 2.38 bits per heavy atom. The molecule has 2 amide bonds. The Balaban J connectivity index is 1.65. The molecule has 0 radical (unpaired) electrons. The first-order valence-corrected chi connectivity index (χ1v) is 8.20. The molecule has 1 saturated heterocycles. The number of benzene rings is 2. The first-order chi connectivity index (χ1) is 12.5. The van der Waals surface area contributed by atoms with Crippen LogP contribution >= 0.6 is 0 Å². The summed E-state index contributed by atoms with van der Waals surface area (Å²) in [7, 11) is 0. The minimum atomic E-state index is -1.03. The Morgan fingerprint density at radius 2 is 1.73 bits per heavy atom. The van der Waals surface area contributed by atoms with Gasteiger partial charge in [-0.1, -0.05) is 6.07 Å². The lowest BCUT2D eigenvalue weighted by Crippen LogP contribution is -2.27. The van der Waals surface area contributed by atoms with E-state index in [4.69, 9.17) is 9.84 Å². The molecule has 2 aromatic carbocycles. The van der Waals surface area contributed by atoms with Gasteiger partial charge in [0.15, 0.2) is 0 Å². The molecule has 3 rings (SSSR count). The summed E-state index contributed by atoms with van der Waals surface area (Å²) in [4.78, 5) is 35.3. The van der Waals surface area contributed by atoms with Crippen molar-refractivity contribution in [2.45, 2.75) is 18.9 Å². The van der Waals surface area contributed by atoms with Gasteiger partial charge in [-0.25, -0.2) is 4.79 Å². The molecule has 1 heterocycles. The van der Waals surface area contributed by atoms with Crippen LogP contribution in [-0.4, -0.2) is 35.6 Å². The Morgan fingerprint density at radius 1 is 0.962 bits per heavy atom. The molecule has 0 saturated carbocycles. The quantitative estimate of drug-likeness (QED) is 0.766. The zero-order valence-corrected chi connectivity index (χ0v) is 13.9. The Hall–Kier alpha value is -3.19. The topological polar surface area (TPSA) is 105 Å². The highest BCUT2D eigenvalue weighted by Gasteiger charge is 2.23. The molecular formula is C19H18N2O5. The van der Waals surface area contributed by atoms with Gasteiger partial charge in [-0.05, 0) is 55.3 Å². The Labute approximate surface area is 150 Å². The largest absolute Gasteiger partial charge is 0.478 e. The normalized spacial score (nSPS) is 16.1. The number of carbonyl (C=O) groups is 3. The van der Waals surface area contributed by atoms with Gasteiger partial charge in [0, 0.05) is 23.5 Å². The van der Waals surface area contributed by atoms with E-state index in [0.29, 0.717) is 30.0 Å². The number of anilines is 2. The molecule has 1 aliphatic rings. The molecule has 1 aliphatic heterocycles. The zero-order valence-electron chi connectivity index (χ0n) is 13.9. The minimum Gasteiger partial charge on any atom is -0.478 e. The summed E-state index contributed by atoms with van der Waals surface area (Å²) in [6, 6.07) is 12.4. The Bertz CT molecular complexity index is 826. The van der Waals surface area contributed by atoms with Crippen LogP contribution in [0.1, 0.15) is 33.6 Å². The van der Waals surface area contributed by atoms with Crippen LogP contribution < -0.4 is 10.6 Å². The molecule has 0 bridgehead atoms. The van der Waals surface area contributed by atoms with Crippen LogP contribution in [0.3, 0.4) is 0 Å². The van der Waals surface area contributed by atoms with Crippen LogP contribution in [0.15, 0.2) is 48.5 Å². The second-order valence-corrected chi connectivity index (χ2v) is 5.91. The highest BCUT2D eigenvalue weighted by molar-refractivity contribution is 6.05. The molecule has 26 heavy (non-hydrogen) atoms. The molecule has 1 fully saturated rings. The van der Waals surface area contributed by atoms with Gasteiger partial charge in [-0.15, -0.1) is 0 Å². The second-order valence-electron chi connectivity index (χ2n) is 5.91. The van der Waals surface area contributed by atoms with E-state index in [0.717, 1.165) is 6.42 Å². The fraction of sp³-hybridized carbons (Fsp3) is 0.211. The second kappa shape index (κ2) is 7.79. The van der Waals surface area contributed by atoms with Crippen LogP contribution in [0.2, 0.25) is 0 Å². The maximum atomic E-state index is 12.4. The fourth-order valence-corrected chi connectivity index (χ4v) is 2.64. The minimum absolute atomic E-state index is 0.141. The first-order valence-electron chi connectivity index (χ1n) is 8.20. The predicted molar refractivity (Wildman–Crippen MR) is 95.4 cm³/mol. The third kappa shape index (κ3) is 4.25. The summed E-state index contributed by atoms with van der Waals surface area (Å²) in [6.07, 6.45) is 1.11. The predicted octanol–water partition coefficient (Wildman–Crippen LogP) is 2.75. The standard InChI is InChI=1S/C19H18N2O5/c22-17(20-14-8-6-12(7-9-14)19(24)25)13-3-1-4-15(11-13)21-18(23)16-5-2-10-26-16/h1,3-4,6-9,11,16H,2,5,10H2,(H,20,22)(H,21,23)(H,24,25)/t16-/m0/s1. The summed E-state index contributed by atoms with van der Waals surface area (Å²) in [6.45, 7) is 0.585. The van der Waals surface area contributed by atoms with E-state index >= 15 is 0 Å². The van der Waals surface area contributed by atoms with E-state index in [-0.39, 0.29) is 17.4 Å². The number of hydrogen-bond donors (Lipinski definition) is 3. The third-order valence-corrected chi connectivity index (χ3v) is 4.00. The van der Waals surface area contributed by atoms with E-state index < -0.39 is 12.1 Å². The molecule has 1 atom stereocenters. The summed E-state index contributed by atoms with van der Waals surface area (Å²) in [5, 5.41) is 14.3. The van der Waals surface area contributed by atoms with E-state index in [1.807, 2.05) is 0 Å². The average Bonchev–Trinajstić information content (AvgIpc) is 3.17. The SMILES string of the molecule is O=C(O)c1ccc(NC(=O)c2cccc(NC(=O)[C@@H]3CCCO3)c2)cc1. The number of carboxylic acid groups (broad SMARTS) is 1. The maximum absolute atomic E-state index is 12.4. The third-order valence-electron chi connectivity index (χ3n) is 4.00. The molecule has 7 nitrogen and oxygen atoms in total. The number of carboxylic acids is 1. The first kappa shape index (κ1) is 17.6. The van der Waals surface area contributed by atoms with Crippen molar-refractivity contribution in [1.29, 1.82) is 0 Å². The van der Waals surface area contributed by atoms with Gasteiger partial charge in [0.2, 0.25) is 0 Å². The average molecular weight is 354 g/mol. The van der Waals surface area contributed by atoms with E-state index in [9.17, 15) is 14.4 Å². The monoisotopic (exact) mass is 354 g/mol. The molecule has 7 heteroatoms. The van der Waals surface area contributed by atoms with Crippen molar-refractivity contribution in [1.82, 2.24) is 0 Å². The summed E-state index contributed by atoms with van der Waals surface area (Å²) < 4.78 is 5.34. The van der Waals surface area contributed by atoms with Crippen molar-refractivity contribution in [3.63, 3.8) is 0 Å². The summed E-state index contributed by atoms with van der Waals surface area (Å²) in [5.74, 6) is -1.61. The number of ether oxygens (including phenoxy) is 1. The molecular weight excluding hydrogens is 336 g/mol. The van der Waals surface area contributed by atoms with Crippen LogP contribution in [0.4, 0.5) is 11.4 Å². The van der Waals surface area contributed by atoms with Gasteiger partial charge < -0.3 is 20.5 Å². The lowest BCUT2D eigenvalue weighted by Gasteiger charge is -2.11. The number of nitrogens with one attached hydrogen (secondary N) is 2. The number of aromatic carboxylic acids is 1. The van der Waals surface area contributed by atoms with Crippen molar-refractivity contribution >= 4 is 29.2 Å². The van der Waals surface area contributed by atoms with Gasteiger partial charge in [0.05, 0.1) is 5.56 Å². The van der Waals surface area contributed by atoms with Gasteiger partial charge >= 0.3 is 5.97 Å². The molecule has 0 aromatic heterocycles. The van der Waals surface area contributed by atoms with Crippen molar-refractivity contribution in [3.05, 3.63) is 59.7 Å². The highest BCUT2D eigenvalue weighted by atomic mass is 16.5. The van der Waals surface area contributed by atoms with Crippen molar-refractivity contribution in [2.75, 3.05) is 17.2 Å². The Kier molecular flexibility index (Phi) is 5.28. The molecule has 0 unspecified atom stereocenters. The number of hydrogen-bond acceptors (Lipinski definition) is 4. The molecule has 2 aromatic rings. The molecule has 134 valence electrons. The number of carbonyl (C=O) groups excluding carboxylic acids is 2. The number of amides is 2. The molecule has 0 aliphatic carbocycles. The van der Waals surface area contributed by atoms with Crippen LogP contribution in [-0.2, 0) is 9.53 Å². The zero-order chi connectivity index (χ0) is 18.5. The lowest BCUT2D eigenvalue weighted by molar-refractivity contribution is -0.124. The summed E-state index contributed by atoms with van der Waals surface area (Å²) >= 11 is 0. The molecule has 3 N–H and O–H groups in total. The van der Waals surface area contributed by atoms with Crippen molar-refractivity contribution in [3.8, 4) is 0 Å². The highest BCUT2D eigenvalue weighted by Crippen LogP contribution is 2.17. The van der Waals surface area contributed by atoms with Crippen molar-refractivity contribution < 1.29 is 24.2 Å². The smallest absolute Gasteiger partial charge is 0.335 e. The lowest BCUT2D eigenvalue weighted by atomic mass is 10.1. The maximum Gasteiger partial charge on any atom is 0.335 e. The molecule has 0 spiro atoms. The van der Waals surface area contributed by atoms with Gasteiger partial charge in [0.1, 0.15) is 6.10 Å². The van der Waals surface area contributed by atoms with Gasteiger partial charge in [-0.3, -0.25) is 9.59 Å². The summed E-state index contributed by atoms with van der Waals surface area (Å²) in [5.41, 5.74) is 1.51. The van der Waals surface area contributed by atoms with Crippen LogP contribution in [0, 0.1) is 0 Å².